The standard InChI is InChI=1S/C31H22N2Si/c32-23-24-19-21-25(22-20-24)33-28-15-7-9-17-30(28)34(26-11-3-1-4-12-26,27-13-5-2-6-14-27)31-18-10-8-16-29(31)33/h1-22H. The van der Waals surface area contributed by atoms with Crippen LogP contribution in [0.2, 0.25) is 0 Å². The molecule has 5 aromatic carbocycles. The Bertz CT molecular complexity index is 1410. The van der Waals surface area contributed by atoms with Gasteiger partial charge in [-0.25, -0.2) is 0 Å². The van der Waals surface area contributed by atoms with Crippen LogP contribution in [-0.4, -0.2) is 8.07 Å². The SMILES string of the molecule is N#Cc1ccc(N2c3ccccc3[Si](c3ccccc3)(c3ccccc3)c3ccccc32)cc1. The van der Waals surface area contributed by atoms with Crippen molar-refractivity contribution in [2.45, 2.75) is 0 Å². The molecule has 0 aliphatic carbocycles. The van der Waals surface area contributed by atoms with Crippen LogP contribution >= 0.6 is 0 Å². The van der Waals surface area contributed by atoms with Gasteiger partial charge in [-0.05, 0) is 57.1 Å². The Morgan fingerprint density at radius 1 is 0.500 bits per heavy atom. The molecule has 0 amide bonds. The summed E-state index contributed by atoms with van der Waals surface area (Å²) in [4.78, 5) is 2.35. The van der Waals surface area contributed by atoms with Crippen molar-refractivity contribution in [3.63, 3.8) is 0 Å². The second kappa shape index (κ2) is 8.19. The lowest BCUT2D eigenvalue weighted by atomic mass is 10.1. The molecule has 0 radical (unpaired) electrons. The molecule has 0 spiro atoms. The summed E-state index contributed by atoms with van der Waals surface area (Å²) in [5, 5.41) is 14.8. The van der Waals surface area contributed by atoms with Crippen LogP contribution < -0.4 is 25.6 Å². The molecule has 0 atom stereocenters. The summed E-state index contributed by atoms with van der Waals surface area (Å²) >= 11 is 0. The van der Waals surface area contributed by atoms with E-state index >= 15 is 0 Å². The van der Waals surface area contributed by atoms with Gasteiger partial charge >= 0.3 is 0 Å². The van der Waals surface area contributed by atoms with E-state index in [9.17, 15) is 5.26 Å². The van der Waals surface area contributed by atoms with Gasteiger partial charge in [0.2, 0.25) is 0 Å². The van der Waals surface area contributed by atoms with E-state index in [1.807, 2.05) is 24.3 Å². The zero-order valence-electron chi connectivity index (χ0n) is 18.6. The van der Waals surface area contributed by atoms with Crippen molar-refractivity contribution in [2.75, 3.05) is 4.90 Å². The van der Waals surface area contributed by atoms with E-state index < -0.39 is 8.07 Å². The molecule has 3 heteroatoms. The lowest BCUT2D eigenvalue weighted by molar-refractivity contribution is 1.29. The van der Waals surface area contributed by atoms with E-state index in [1.54, 1.807) is 0 Å². The molecule has 0 unspecified atom stereocenters. The van der Waals surface area contributed by atoms with E-state index in [-0.39, 0.29) is 0 Å². The van der Waals surface area contributed by atoms with Crippen LogP contribution in [-0.2, 0) is 0 Å². The first-order valence-electron chi connectivity index (χ1n) is 11.4. The molecule has 6 rings (SSSR count). The van der Waals surface area contributed by atoms with Crippen LogP contribution in [0.4, 0.5) is 17.1 Å². The second-order valence-corrected chi connectivity index (χ2v) is 12.2. The quantitative estimate of drug-likeness (QED) is 0.365. The number of hydrogen-bond donors (Lipinski definition) is 0. The van der Waals surface area contributed by atoms with Crippen molar-refractivity contribution in [3.05, 3.63) is 139 Å². The smallest absolute Gasteiger partial charge is 0.184 e. The van der Waals surface area contributed by atoms with Crippen molar-refractivity contribution in [3.8, 4) is 6.07 Å². The Kier molecular flexibility index (Phi) is 4.87. The third kappa shape index (κ3) is 2.93. The Balaban J connectivity index is 1.74. The first-order valence-corrected chi connectivity index (χ1v) is 13.4. The second-order valence-electron chi connectivity index (χ2n) is 8.51. The van der Waals surface area contributed by atoms with Crippen LogP contribution in [0.1, 0.15) is 5.56 Å². The highest BCUT2D eigenvalue weighted by atomic mass is 28.3. The van der Waals surface area contributed by atoms with E-state index in [4.69, 9.17) is 0 Å². The molecule has 0 fully saturated rings. The average molecular weight is 451 g/mol. The fraction of sp³-hybridized carbons (Fsp3) is 0. The van der Waals surface area contributed by atoms with Crippen molar-refractivity contribution in [1.82, 2.24) is 0 Å². The van der Waals surface area contributed by atoms with Crippen LogP contribution in [0.3, 0.4) is 0 Å². The number of benzene rings is 5. The van der Waals surface area contributed by atoms with E-state index in [1.165, 1.54) is 32.1 Å². The monoisotopic (exact) mass is 450 g/mol. The van der Waals surface area contributed by atoms with Gasteiger partial charge in [0, 0.05) is 17.1 Å². The largest absolute Gasteiger partial charge is 0.311 e. The predicted octanol–water partition coefficient (Wildman–Crippen LogP) is 4.72. The summed E-state index contributed by atoms with van der Waals surface area (Å²) < 4.78 is 0. The molecule has 2 nitrogen and oxygen atoms in total. The summed E-state index contributed by atoms with van der Waals surface area (Å²) in [5.74, 6) is 0. The van der Waals surface area contributed by atoms with Gasteiger partial charge < -0.3 is 4.90 Å². The minimum atomic E-state index is -2.56. The average Bonchev–Trinajstić information content (AvgIpc) is 2.93. The van der Waals surface area contributed by atoms with Crippen molar-refractivity contribution < 1.29 is 0 Å². The van der Waals surface area contributed by atoms with Gasteiger partial charge in [-0.3, -0.25) is 0 Å². The summed E-state index contributed by atoms with van der Waals surface area (Å²) in [7, 11) is -2.56. The van der Waals surface area contributed by atoms with E-state index in [0.717, 1.165) is 5.69 Å². The van der Waals surface area contributed by atoms with Gasteiger partial charge in [-0.1, -0.05) is 97.1 Å². The van der Waals surface area contributed by atoms with Crippen LogP contribution in [0.5, 0.6) is 0 Å². The normalized spacial score (nSPS) is 13.4. The van der Waals surface area contributed by atoms with Gasteiger partial charge in [0.1, 0.15) is 0 Å². The van der Waals surface area contributed by atoms with Gasteiger partial charge in [0.25, 0.3) is 0 Å². The highest BCUT2D eigenvalue weighted by Crippen LogP contribution is 2.38. The minimum Gasteiger partial charge on any atom is -0.311 e. The number of anilines is 3. The summed E-state index contributed by atoms with van der Waals surface area (Å²) in [5.41, 5.74) is 4.12. The maximum atomic E-state index is 9.32. The van der Waals surface area contributed by atoms with Crippen LogP contribution in [0.25, 0.3) is 0 Å². The van der Waals surface area contributed by atoms with Gasteiger partial charge in [-0.2, -0.15) is 5.26 Å². The molecule has 0 saturated heterocycles. The van der Waals surface area contributed by atoms with Crippen molar-refractivity contribution in [2.24, 2.45) is 0 Å². The lowest BCUT2D eigenvalue weighted by Gasteiger charge is -2.45. The first kappa shape index (κ1) is 20.2. The molecule has 0 bridgehead atoms. The fourth-order valence-electron chi connectivity index (χ4n) is 5.37. The number of fused-ring (bicyclic) bond motifs is 2. The van der Waals surface area contributed by atoms with Gasteiger partial charge in [0.05, 0.1) is 11.6 Å². The molecule has 1 heterocycles. The summed E-state index contributed by atoms with van der Waals surface area (Å²) in [6, 6.07) is 49.8. The third-order valence-electron chi connectivity index (χ3n) is 6.77. The van der Waals surface area contributed by atoms with Gasteiger partial charge in [0.15, 0.2) is 8.07 Å². The molecule has 0 N–H and O–H groups in total. The minimum absolute atomic E-state index is 0.666. The predicted molar refractivity (Wildman–Crippen MR) is 143 cm³/mol. The molecular formula is C31H22N2Si. The maximum Gasteiger partial charge on any atom is 0.184 e. The van der Waals surface area contributed by atoms with Gasteiger partial charge in [-0.15, -0.1) is 0 Å². The third-order valence-corrected chi connectivity index (χ3v) is 11.6. The number of hydrogen-bond acceptors (Lipinski definition) is 2. The highest BCUT2D eigenvalue weighted by Gasteiger charge is 2.48. The Morgan fingerprint density at radius 2 is 0.941 bits per heavy atom. The molecule has 1 aliphatic heterocycles. The van der Waals surface area contributed by atoms with E-state index in [0.29, 0.717) is 5.56 Å². The Hall–Kier alpha value is -4.39. The number of nitriles is 1. The molecule has 160 valence electrons. The molecular weight excluding hydrogens is 428 g/mol. The number of para-hydroxylation sites is 2. The topological polar surface area (TPSA) is 27.0 Å². The lowest BCUT2D eigenvalue weighted by Crippen LogP contribution is -2.77. The summed E-state index contributed by atoms with van der Waals surface area (Å²) in [6.45, 7) is 0. The zero-order valence-corrected chi connectivity index (χ0v) is 19.6. The van der Waals surface area contributed by atoms with Crippen LogP contribution in [0, 0.1) is 11.3 Å². The Labute approximate surface area is 201 Å². The maximum absolute atomic E-state index is 9.32. The molecule has 0 saturated carbocycles. The molecule has 0 aromatic heterocycles. The van der Waals surface area contributed by atoms with Crippen molar-refractivity contribution >= 4 is 45.9 Å². The zero-order chi connectivity index (χ0) is 23.0. The number of nitrogens with zero attached hydrogens (tertiary/aromatic N) is 2. The van der Waals surface area contributed by atoms with Crippen molar-refractivity contribution in [1.29, 1.82) is 5.26 Å². The highest BCUT2D eigenvalue weighted by molar-refractivity contribution is 7.21. The number of rotatable bonds is 3. The Morgan fingerprint density at radius 3 is 1.41 bits per heavy atom. The molecule has 5 aromatic rings. The molecule has 34 heavy (non-hydrogen) atoms. The molecule has 1 aliphatic rings. The fourth-order valence-corrected chi connectivity index (χ4v) is 10.5. The first-order chi connectivity index (χ1) is 16.8. The summed E-state index contributed by atoms with van der Waals surface area (Å²) in [6.07, 6.45) is 0. The van der Waals surface area contributed by atoms with E-state index in [2.05, 4.69) is 120 Å². The van der Waals surface area contributed by atoms with Crippen LogP contribution in [0.15, 0.2) is 133 Å².